The van der Waals surface area contributed by atoms with Gasteiger partial charge in [-0.2, -0.15) is 0 Å². The fraction of sp³-hybridized carbons (Fsp3) is 0.455. The predicted octanol–water partition coefficient (Wildman–Crippen LogP) is 1.79. The second-order valence-electron chi connectivity index (χ2n) is 7.49. The highest BCUT2D eigenvalue weighted by Gasteiger charge is 2.25. The van der Waals surface area contributed by atoms with Crippen molar-refractivity contribution in [3.63, 3.8) is 0 Å². The first-order valence-electron chi connectivity index (χ1n) is 10.1. The van der Waals surface area contributed by atoms with Gasteiger partial charge in [0, 0.05) is 45.8 Å². The Balaban J connectivity index is 1.51. The van der Waals surface area contributed by atoms with E-state index in [-0.39, 0.29) is 5.91 Å². The lowest BCUT2D eigenvalue weighted by Crippen LogP contribution is -2.55. The van der Waals surface area contributed by atoms with E-state index in [9.17, 15) is 4.79 Å². The van der Waals surface area contributed by atoms with E-state index in [1.165, 1.54) is 11.8 Å². The van der Waals surface area contributed by atoms with Crippen molar-refractivity contribution < 1.29 is 9.21 Å². The fourth-order valence-electron chi connectivity index (χ4n) is 3.54. The molecule has 1 fully saturated rings. The lowest BCUT2D eigenvalue weighted by molar-refractivity contribution is 0.0657. The largest absolute Gasteiger partial charge is 0.459 e. The van der Waals surface area contributed by atoms with Crippen LogP contribution in [0.25, 0.3) is 0 Å². The molecule has 1 aromatic heterocycles. The molecular formula is C22H31N5O2. The Morgan fingerprint density at radius 2 is 1.79 bits per heavy atom. The van der Waals surface area contributed by atoms with E-state index in [0.717, 1.165) is 32.0 Å². The molecule has 29 heavy (non-hydrogen) atoms. The van der Waals surface area contributed by atoms with Gasteiger partial charge in [-0.3, -0.25) is 9.79 Å². The maximum Gasteiger partial charge on any atom is 0.289 e. The number of hydrogen-bond donors (Lipinski definition) is 1. The zero-order valence-electron chi connectivity index (χ0n) is 17.5. The first-order valence-corrected chi connectivity index (χ1v) is 10.1. The lowest BCUT2D eigenvalue weighted by atomic mass is 10.1. The summed E-state index contributed by atoms with van der Waals surface area (Å²) in [5.41, 5.74) is 1.33. The standard InChI is InChI=1S/C22H31N5O2/c1-23-22(24-17-19(25(2)3)16-18-8-5-4-6-9-18)27-13-11-26(12-14-27)21(28)20-10-7-15-29-20/h4-10,15,19H,11-14,16-17H2,1-3H3,(H,23,24). The Hall–Kier alpha value is -2.80. The number of nitrogens with zero attached hydrogens (tertiary/aromatic N) is 4. The number of benzene rings is 1. The number of nitrogens with one attached hydrogen (secondary N) is 1. The molecule has 1 aliphatic rings. The summed E-state index contributed by atoms with van der Waals surface area (Å²) in [7, 11) is 6.03. The average Bonchev–Trinajstić information content (AvgIpc) is 3.29. The molecule has 0 aliphatic carbocycles. The van der Waals surface area contributed by atoms with E-state index in [2.05, 4.69) is 58.5 Å². The van der Waals surface area contributed by atoms with Crippen molar-refractivity contribution >= 4 is 11.9 Å². The van der Waals surface area contributed by atoms with E-state index < -0.39 is 0 Å². The molecule has 3 rings (SSSR count). The molecule has 1 N–H and O–H groups in total. The minimum Gasteiger partial charge on any atom is -0.459 e. The maximum absolute atomic E-state index is 12.4. The molecule has 2 aromatic rings. The van der Waals surface area contributed by atoms with Crippen molar-refractivity contribution in [3.05, 3.63) is 60.1 Å². The van der Waals surface area contributed by atoms with Crippen LogP contribution in [0, 0.1) is 0 Å². The van der Waals surface area contributed by atoms with Gasteiger partial charge in [-0.05, 0) is 38.2 Å². The van der Waals surface area contributed by atoms with Crippen molar-refractivity contribution in [2.24, 2.45) is 4.99 Å². The number of likely N-dealkylation sites (N-methyl/N-ethyl adjacent to an activating group) is 1. The van der Waals surface area contributed by atoms with Crippen LogP contribution in [0.4, 0.5) is 0 Å². The number of rotatable bonds is 6. The highest BCUT2D eigenvalue weighted by atomic mass is 16.3. The summed E-state index contributed by atoms with van der Waals surface area (Å²) in [6, 6.07) is 14.4. The molecule has 2 heterocycles. The minimum absolute atomic E-state index is 0.0480. The number of piperazine rings is 1. The number of carbonyl (C=O) groups excluding carboxylic acids is 1. The molecule has 7 heteroatoms. The van der Waals surface area contributed by atoms with Gasteiger partial charge in [0.1, 0.15) is 0 Å². The van der Waals surface area contributed by atoms with Gasteiger partial charge in [-0.25, -0.2) is 0 Å². The Kier molecular flexibility index (Phi) is 7.30. The van der Waals surface area contributed by atoms with Gasteiger partial charge in [0.15, 0.2) is 11.7 Å². The third-order valence-corrected chi connectivity index (χ3v) is 5.35. The molecule has 0 bridgehead atoms. The smallest absolute Gasteiger partial charge is 0.289 e. The summed E-state index contributed by atoms with van der Waals surface area (Å²) >= 11 is 0. The maximum atomic E-state index is 12.4. The van der Waals surface area contributed by atoms with Crippen LogP contribution < -0.4 is 5.32 Å². The van der Waals surface area contributed by atoms with Crippen molar-refractivity contribution in [1.29, 1.82) is 0 Å². The minimum atomic E-state index is -0.0480. The van der Waals surface area contributed by atoms with Gasteiger partial charge in [-0.1, -0.05) is 30.3 Å². The third kappa shape index (κ3) is 5.60. The first-order chi connectivity index (χ1) is 14.1. The molecule has 7 nitrogen and oxygen atoms in total. The van der Waals surface area contributed by atoms with Crippen LogP contribution >= 0.6 is 0 Å². The van der Waals surface area contributed by atoms with Crippen molar-refractivity contribution in [2.45, 2.75) is 12.5 Å². The lowest BCUT2D eigenvalue weighted by Gasteiger charge is -2.37. The van der Waals surface area contributed by atoms with Gasteiger partial charge >= 0.3 is 0 Å². The highest BCUT2D eigenvalue weighted by Crippen LogP contribution is 2.10. The zero-order chi connectivity index (χ0) is 20.6. The van der Waals surface area contributed by atoms with E-state index in [1.807, 2.05) is 18.0 Å². The van der Waals surface area contributed by atoms with Crippen LogP contribution in [0.1, 0.15) is 16.1 Å². The van der Waals surface area contributed by atoms with Crippen molar-refractivity contribution in [3.8, 4) is 0 Å². The topological polar surface area (TPSA) is 64.3 Å². The van der Waals surface area contributed by atoms with Crippen LogP contribution in [-0.4, -0.2) is 86.5 Å². The number of carbonyl (C=O) groups is 1. The second-order valence-corrected chi connectivity index (χ2v) is 7.49. The Labute approximate surface area is 173 Å². The SMILES string of the molecule is CN=C(NCC(Cc1ccccc1)N(C)C)N1CCN(C(=O)c2ccco2)CC1. The van der Waals surface area contributed by atoms with Gasteiger partial charge < -0.3 is 24.4 Å². The van der Waals surface area contributed by atoms with E-state index >= 15 is 0 Å². The third-order valence-electron chi connectivity index (χ3n) is 5.35. The number of amides is 1. The molecule has 0 saturated carbocycles. The van der Waals surface area contributed by atoms with Gasteiger partial charge in [0.2, 0.25) is 0 Å². The molecule has 0 spiro atoms. The molecule has 1 unspecified atom stereocenters. The van der Waals surface area contributed by atoms with Crippen LogP contribution in [-0.2, 0) is 6.42 Å². The zero-order valence-corrected chi connectivity index (χ0v) is 17.5. The summed E-state index contributed by atoms with van der Waals surface area (Å²) in [6.45, 7) is 3.61. The molecule has 156 valence electrons. The van der Waals surface area contributed by atoms with Crippen LogP contribution in [0.3, 0.4) is 0 Å². The molecule has 1 aliphatic heterocycles. The molecular weight excluding hydrogens is 366 g/mol. The molecule has 0 radical (unpaired) electrons. The van der Waals surface area contributed by atoms with Crippen molar-refractivity contribution in [2.75, 3.05) is 53.9 Å². The Bertz CT molecular complexity index is 781. The van der Waals surface area contributed by atoms with Crippen LogP contribution in [0.15, 0.2) is 58.1 Å². The number of guanidine groups is 1. The second kappa shape index (κ2) is 10.1. The molecule has 1 atom stereocenters. The van der Waals surface area contributed by atoms with E-state index in [0.29, 0.717) is 24.9 Å². The van der Waals surface area contributed by atoms with Gasteiger partial charge in [0.05, 0.1) is 6.26 Å². The summed E-state index contributed by atoms with van der Waals surface area (Å²) < 4.78 is 5.23. The summed E-state index contributed by atoms with van der Waals surface area (Å²) in [5.74, 6) is 1.24. The quantitative estimate of drug-likeness (QED) is 0.595. The normalized spacial score (nSPS) is 16.2. The molecule has 1 saturated heterocycles. The first kappa shape index (κ1) is 20.9. The number of hydrogen-bond acceptors (Lipinski definition) is 4. The van der Waals surface area contributed by atoms with Gasteiger partial charge in [0.25, 0.3) is 5.91 Å². The number of furan rings is 1. The Morgan fingerprint density at radius 3 is 2.38 bits per heavy atom. The number of aliphatic imine (C=N–C) groups is 1. The average molecular weight is 398 g/mol. The van der Waals surface area contributed by atoms with Crippen LogP contribution in [0.5, 0.6) is 0 Å². The van der Waals surface area contributed by atoms with E-state index in [4.69, 9.17) is 4.42 Å². The highest BCUT2D eigenvalue weighted by molar-refractivity contribution is 5.91. The summed E-state index contributed by atoms with van der Waals surface area (Å²) in [6.07, 6.45) is 2.51. The van der Waals surface area contributed by atoms with Gasteiger partial charge in [-0.15, -0.1) is 0 Å². The van der Waals surface area contributed by atoms with E-state index in [1.54, 1.807) is 12.1 Å². The van der Waals surface area contributed by atoms with Crippen molar-refractivity contribution in [1.82, 2.24) is 20.0 Å². The predicted molar refractivity (Wildman–Crippen MR) is 115 cm³/mol. The summed E-state index contributed by atoms with van der Waals surface area (Å²) in [5, 5.41) is 3.52. The molecule has 1 amide bonds. The monoisotopic (exact) mass is 397 g/mol. The Morgan fingerprint density at radius 1 is 1.10 bits per heavy atom. The molecule has 1 aromatic carbocycles. The van der Waals surface area contributed by atoms with Crippen LogP contribution in [0.2, 0.25) is 0 Å². The fourth-order valence-corrected chi connectivity index (χ4v) is 3.54. The summed E-state index contributed by atoms with van der Waals surface area (Å²) in [4.78, 5) is 23.2.